The highest BCUT2D eigenvalue weighted by Crippen LogP contribution is 2.52. The third kappa shape index (κ3) is 3.23. The van der Waals surface area contributed by atoms with Crippen molar-refractivity contribution in [1.29, 1.82) is 0 Å². The Balaban J connectivity index is 1.69. The van der Waals surface area contributed by atoms with Crippen molar-refractivity contribution in [3.05, 3.63) is 0 Å². The fourth-order valence-electron chi connectivity index (χ4n) is 3.63. The van der Waals surface area contributed by atoms with Gasteiger partial charge in [0.05, 0.1) is 0 Å². The Morgan fingerprint density at radius 2 is 1.71 bits per heavy atom. The molecule has 1 saturated carbocycles. The average Bonchev–Trinajstić information content (AvgIpc) is 2.23. The Morgan fingerprint density at radius 1 is 1.12 bits per heavy atom. The smallest absolute Gasteiger partial charge is 0.00385 e. The van der Waals surface area contributed by atoms with E-state index in [1.165, 1.54) is 45.3 Å². The second kappa shape index (κ2) is 5.27. The highest BCUT2D eigenvalue weighted by molar-refractivity contribution is 4.97. The molecule has 1 aliphatic carbocycles. The molecule has 2 heteroatoms. The van der Waals surface area contributed by atoms with Gasteiger partial charge >= 0.3 is 0 Å². The summed E-state index contributed by atoms with van der Waals surface area (Å²) in [6.45, 7) is 13.1. The summed E-state index contributed by atoms with van der Waals surface area (Å²) in [4.78, 5) is 2.64. The minimum Gasteiger partial charge on any atom is -0.314 e. The molecule has 0 atom stereocenters. The number of piperidine rings is 1. The molecule has 1 N–H and O–H groups in total. The first-order chi connectivity index (χ1) is 8.01. The first kappa shape index (κ1) is 13.4. The lowest BCUT2D eigenvalue weighted by Crippen LogP contribution is -2.50. The van der Waals surface area contributed by atoms with Crippen LogP contribution >= 0.6 is 0 Å². The summed E-state index contributed by atoms with van der Waals surface area (Å²) < 4.78 is 0. The standard InChI is InChI=1S/C15H30N2/c1-12(2)16-11-14-9-15(10-14)5-7-17(8-6-15)13(3)4/h12-14,16H,5-11H2,1-4H3. The number of nitrogens with one attached hydrogen (secondary N) is 1. The van der Waals surface area contributed by atoms with Crippen LogP contribution in [0.5, 0.6) is 0 Å². The molecular weight excluding hydrogens is 208 g/mol. The summed E-state index contributed by atoms with van der Waals surface area (Å²) in [6.07, 6.45) is 5.87. The topological polar surface area (TPSA) is 15.3 Å². The number of likely N-dealkylation sites (tertiary alicyclic amines) is 1. The monoisotopic (exact) mass is 238 g/mol. The van der Waals surface area contributed by atoms with E-state index in [0.717, 1.165) is 17.4 Å². The molecule has 1 heterocycles. The van der Waals surface area contributed by atoms with Crippen molar-refractivity contribution in [1.82, 2.24) is 10.2 Å². The second-order valence-electron chi connectivity index (χ2n) is 6.97. The van der Waals surface area contributed by atoms with Gasteiger partial charge in [-0.05, 0) is 70.5 Å². The molecular formula is C15H30N2. The SMILES string of the molecule is CC(C)NCC1CC2(CCN(C(C)C)CC2)C1. The van der Waals surface area contributed by atoms with Crippen molar-refractivity contribution in [2.24, 2.45) is 11.3 Å². The maximum atomic E-state index is 3.59. The zero-order valence-electron chi connectivity index (χ0n) is 12.1. The highest BCUT2D eigenvalue weighted by Gasteiger charge is 2.45. The van der Waals surface area contributed by atoms with E-state index in [9.17, 15) is 0 Å². The van der Waals surface area contributed by atoms with Crippen molar-refractivity contribution < 1.29 is 0 Å². The van der Waals surface area contributed by atoms with Gasteiger partial charge in [-0.25, -0.2) is 0 Å². The van der Waals surface area contributed by atoms with Crippen LogP contribution < -0.4 is 5.32 Å². The van der Waals surface area contributed by atoms with Gasteiger partial charge in [0.25, 0.3) is 0 Å². The summed E-state index contributed by atoms with van der Waals surface area (Å²) >= 11 is 0. The van der Waals surface area contributed by atoms with Gasteiger partial charge in [0, 0.05) is 12.1 Å². The third-order valence-electron chi connectivity index (χ3n) is 4.85. The van der Waals surface area contributed by atoms with E-state index in [1.807, 2.05) is 0 Å². The third-order valence-corrected chi connectivity index (χ3v) is 4.85. The molecule has 1 saturated heterocycles. The van der Waals surface area contributed by atoms with Gasteiger partial charge in [-0.1, -0.05) is 13.8 Å². The van der Waals surface area contributed by atoms with E-state index < -0.39 is 0 Å². The number of hydrogen-bond acceptors (Lipinski definition) is 2. The normalized spacial score (nSPS) is 25.8. The van der Waals surface area contributed by atoms with Gasteiger partial charge < -0.3 is 10.2 Å². The van der Waals surface area contributed by atoms with Gasteiger partial charge in [0.2, 0.25) is 0 Å². The molecule has 0 amide bonds. The van der Waals surface area contributed by atoms with Crippen LogP contribution in [0.15, 0.2) is 0 Å². The molecule has 0 aromatic heterocycles. The quantitative estimate of drug-likeness (QED) is 0.810. The van der Waals surface area contributed by atoms with Crippen LogP contribution in [0.1, 0.15) is 53.4 Å². The fraction of sp³-hybridized carbons (Fsp3) is 1.00. The largest absolute Gasteiger partial charge is 0.314 e. The minimum atomic E-state index is 0.648. The predicted molar refractivity (Wildman–Crippen MR) is 74.2 cm³/mol. The van der Waals surface area contributed by atoms with Gasteiger partial charge in [0.1, 0.15) is 0 Å². The number of rotatable bonds is 4. The zero-order chi connectivity index (χ0) is 12.5. The first-order valence-corrected chi connectivity index (χ1v) is 7.48. The van der Waals surface area contributed by atoms with Crippen LogP contribution in [0.3, 0.4) is 0 Å². The zero-order valence-corrected chi connectivity index (χ0v) is 12.1. The summed E-state index contributed by atoms with van der Waals surface area (Å²) in [5.41, 5.74) is 0.745. The Kier molecular flexibility index (Phi) is 4.14. The van der Waals surface area contributed by atoms with Crippen LogP contribution in [0.25, 0.3) is 0 Å². The predicted octanol–water partition coefficient (Wildman–Crippen LogP) is 2.89. The van der Waals surface area contributed by atoms with E-state index in [1.54, 1.807) is 0 Å². The molecule has 0 bridgehead atoms. The summed E-state index contributed by atoms with van der Waals surface area (Å²) in [6, 6.07) is 1.39. The van der Waals surface area contributed by atoms with Crippen LogP contribution in [0.4, 0.5) is 0 Å². The maximum Gasteiger partial charge on any atom is 0.00385 e. The molecule has 2 rings (SSSR count). The minimum absolute atomic E-state index is 0.648. The Bertz CT molecular complexity index is 231. The molecule has 1 spiro atoms. The van der Waals surface area contributed by atoms with E-state index >= 15 is 0 Å². The number of nitrogens with zero attached hydrogens (tertiary/aromatic N) is 1. The Labute approximate surface area is 107 Å². The summed E-state index contributed by atoms with van der Waals surface area (Å²) in [5, 5.41) is 3.59. The Hall–Kier alpha value is -0.0800. The van der Waals surface area contributed by atoms with E-state index in [4.69, 9.17) is 0 Å². The highest BCUT2D eigenvalue weighted by atomic mass is 15.2. The molecule has 0 aromatic carbocycles. The molecule has 2 fully saturated rings. The molecule has 0 aromatic rings. The van der Waals surface area contributed by atoms with Crippen molar-refractivity contribution >= 4 is 0 Å². The van der Waals surface area contributed by atoms with Crippen LogP contribution in [-0.2, 0) is 0 Å². The van der Waals surface area contributed by atoms with Crippen molar-refractivity contribution in [3.8, 4) is 0 Å². The van der Waals surface area contributed by atoms with Crippen molar-refractivity contribution in [2.45, 2.75) is 65.5 Å². The molecule has 2 aliphatic rings. The average molecular weight is 238 g/mol. The number of hydrogen-bond donors (Lipinski definition) is 1. The first-order valence-electron chi connectivity index (χ1n) is 7.48. The molecule has 0 radical (unpaired) electrons. The van der Waals surface area contributed by atoms with Crippen LogP contribution in [0, 0.1) is 11.3 Å². The molecule has 1 aliphatic heterocycles. The molecule has 0 unspecified atom stereocenters. The van der Waals surface area contributed by atoms with Crippen molar-refractivity contribution in [2.75, 3.05) is 19.6 Å². The summed E-state index contributed by atoms with van der Waals surface area (Å²) in [7, 11) is 0. The Morgan fingerprint density at radius 3 is 2.18 bits per heavy atom. The summed E-state index contributed by atoms with van der Waals surface area (Å²) in [5.74, 6) is 0.961. The lowest BCUT2D eigenvalue weighted by atomic mass is 9.57. The van der Waals surface area contributed by atoms with Gasteiger partial charge in [-0.15, -0.1) is 0 Å². The molecule has 17 heavy (non-hydrogen) atoms. The van der Waals surface area contributed by atoms with Gasteiger partial charge in [-0.3, -0.25) is 0 Å². The lowest BCUT2D eigenvalue weighted by molar-refractivity contribution is -0.0202. The van der Waals surface area contributed by atoms with E-state index in [0.29, 0.717) is 6.04 Å². The molecule has 100 valence electrons. The lowest BCUT2D eigenvalue weighted by Gasteiger charge is -2.53. The van der Waals surface area contributed by atoms with Gasteiger partial charge in [-0.2, -0.15) is 0 Å². The van der Waals surface area contributed by atoms with Crippen molar-refractivity contribution in [3.63, 3.8) is 0 Å². The molecule has 2 nitrogen and oxygen atoms in total. The second-order valence-corrected chi connectivity index (χ2v) is 6.97. The van der Waals surface area contributed by atoms with E-state index in [-0.39, 0.29) is 0 Å². The van der Waals surface area contributed by atoms with Crippen LogP contribution in [0.2, 0.25) is 0 Å². The van der Waals surface area contributed by atoms with E-state index in [2.05, 4.69) is 37.9 Å². The fourth-order valence-corrected chi connectivity index (χ4v) is 3.63. The van der Waals surface area contributed by atoms with Crippen LogP contribution in [-0.4, -0.2) is 36.6 Å². The maximum absolute atomic E-state index is 3.59. The van der Waals surface area contributed by atoms with Gasteiger partial charge in [0.15, 0.2) is 0 Å².